The summed E-state index contributed by atoms with van der Waals surface area (Å²) in [5, 5.41) is 16.8. The van der Waals surface area contributed by atoms with Gasteiger partial charge < -0.3 is 10.4 Å². The topological polar surface area (TPSA) is 67.2 Å². The zero-order valence-corrected chi connectivity index (χ0v) is 12.2. The van der Waals surface area contributed by atoms with Crippen LogP contribution in [0.4, 0.5) is 0 Å². The van der Waals surface area contributed by atoms with Crippen molar-refractivity contribution in [3.63, 3.8) is 0 Å². The van der Waals surface area contributed by atoms with Crippen LogP contribution in [0.2, 0.25) is 0 Å². The van der Waals surface area contributed by atoms with Crippen LogP contribution in [0.1, 0.15) is 36.9 Å². The number of aliphatic hydroxyl groups is 1. The minimum absolute atomic E-state index is 0.176. The van der Waals surface area contributed by atoms with Gasteiger partial charge in [0.05, 0.1) is 12.3 Å². The van der Waals surface area contributed by atoms with Gasteiger partial charge in [0.25, 0.3) is 0 Å². The molecule has 2 N–H and O–H groups in total. The van der Waals surface area contributed by atoms with E-state index in [-0.39, 0.29) is 5.91 Å². The molecule has 1 aromatic rings. The number of rotatable bonds is 5. The second kappa shape index (κ2) is 6.70. The lowest BCUT2D eigenvalue weighted by Crippen LogP contribution is -2.34. The normalized spacial score (nSPS) is 17.8. The summed E-state index contributed by atoms with van der Waals surface area (Å²) in [5.74, 6) is 0.171. The van der Waals surface area contributed by atoms with Crippen LogP contribution in [-0.2, 0) is 11.8 Å². The minimum atomic E-state index is -0.421. The molecule has 5 nitrogen and oxygen atoms in total. The van der Waals surface area contributed by atoms with Crippen LogP contribution in [0, 0.1) is 12.8 Å². The van der Waals surface area contributed by atoms with E-state index in [9.17, 15) is 9.90 Å². The van der Waals surface area contributed by atoms with Crippen molar-refractivity contribution in [3.05, 3.63) is 23.5 Å². The Morgan fingerprint density at radius 2 is 2.30 bits per heavy atom. The molecule has 2 rings (SSSR count). The van der Waals surface area contributed by atoms with Gasteiger partial charge in [0.1, 0.15) is 0 Å². The molecule has 110 valence electrons. The van der Waals surface area contributed by atoms with E-state index in [0.29, 0.717) is 12.5 Å². The lowest BCUT2D eigenvalue weighted by Gasteiger charge is -2.17. The fourth-order valence-corrected chi connectivity index (χ4v) is 2.62. The van der Waals surface area contributed by atoms with Crippen LogP contribution >= 0.6 is 0 Å². The third kappa shape index (κ3) is 3.70. The Labute approximate surface area is 119 Å². The van der Waals surface area contributed by atoms with Crippen molar-refractivity contribution in [2.75, 3.05) is 6.54 Å². The van der Waals surface area contributed by atoms with E-state index in [1.165, 1.54) is 18.9 Å². The lowest BCUT2D eigenvalue weighted by atomic mass is 10.0. The molecular formula is C15H23N3O2. The minimum Gasteiger partial charge on any atom is -0.391 e. The Bertz CT molecular complexity index is 487. The van der Waals surface area contributed by atoms with E-state index >= 15 is 0 Å². The van der Waals surface area contributed by atoms with Crippen molar-refractivity contribution in [3.8, 4) is 0 Å². The molecule has 20 heavy (non-hydrogen) atoms. The molecule has 0 aliphatic heterocycles. The quantitative estimate of drug-likeness (QED) is 0.800. The van der Waals surface area contributed by atoms with E-state index in [0.717, 1.165) is 24.1 Å². The summed E-state index contributed by atoms with van der Waals surface area (Å²) in [7, 11) is 1.87. The van der Waals surface area contributed by atoms with Crippen molar-refractivity contribution in [2.24, 2.45) is 13.0 Å². The molecule has 0 spiro atoms. The van der Waals surface area contributed by atoms with Gasteiger partial charge in [-0.1, -0.05) is 12.8 Å². The van der Waals surface area contributed by atoms with Gasteiger partial charge in [-0.15, -0.1) is 0 Å². The fourth-order valence-electron chi connectivity index (χ4n) is 2.62. The summed E-state index contributed by atoms with van der Waals surface area (Å²) >= 11 is 0. The van der Waals surface area contributed by atoms with Crippen LogP contribution in [0.15, 0.2) is 12.3 Å². The number of aryl methyl sites for hydroxylation is 1. The molecular weight excluding hydrogens is 254 g/mol. The number of hydrogen-bond acceptors (Lipinski definition) is 3. The first-order valence-corrected chi connectivity index (χ1v) is 7.20. The molecule has 1 aromatic heterocycles. The highest BCUT2D eigenvalue weighted by atomic mass is 16.3. The molecule has 0 saturated heterocycles. The Morgan fingerprint density at radius 3 is 2.90 bits per heavy atom. The van der Waals surface area contributed by atoms with E-state index < -0.39 is 6.10 Å². The third-order valence-electron chi connectivity index (χ3n) is 4.12. The molecule has 0 aromatic carbocycles. The molecule has 1 amide bonds. The molecule has 1 heterocycles. The van der Waals surface area contributed by atoms with Crippen LogP contribution in [0.3, 0.4) is 0 Å². The van der Waals surface area contributed by atoms with Crippen molar-refractivity contribution < 1.29 is 9.90 Å². The summed E-state index contributed by atoms with van der Waals surface area (Å²) < 4.78 is 1.77. The molecule has 1 atom stereocenters. The number of hydrogen-bond donors (Lipinski definition) is 2. The standard InChI is InChI=1S/C15H23N3O2/c1-11-13(9-17-18(11)2)7-8-15(20)16-10-14(19)12-5-3-4-6-12/h7-9,12,14,19H,3-6,10H2,1-2H3,(H,16,20)/b8-7+. The van der Waals surface area contributed by atoms with E-state index in [4.69, 9.17) is 0 Å². The zero-order chi connectivity index (χ0) is 14.5. The Hall–Kier alpha value is -1.62. The average Bonchev–Trinajstić information content (AvgIpc) is 3.06. The van der Waals surface area contributed by atoms with Gasteiger partial charge in [-0.05, 0) is 31.8 Å². The zero-order valence-electron chi connectivity index (χ0n) is 12.2. The summed E-state index contributed by atoms with van der Waals surface area (Å²) in [6, 6.07) is 0. The molecule has 1 saturated carbocycles. The van der Waals surface area contributed by atoms with Crippen molar-refractivity contribution in [1.82, 2.24) is 15.1 Å². The summed E-state index contributed by atoms with van der Waals surface area (Å²) in [6.45, 7) is 2.29. The first-order valence-electron chi connectivity index (χ1n) is 7.20. The summed E-state index contributed by atoms with van der Waals surface area (Å²) in [5.41, 5.74) is 1.94. The smallest absolute Gasteiger partial charge is 0.244 e. The lowest BCUT2D eigenvalue weighted by molar-refractivity contribution is -0.117. The van der Waals surface area contributed by atoms with E-state index in [1.54, 1.807) is 17.0 Å². The molecule has 1 aliphatic carbocycles. The largest absolute Gasteiger partial charge is 0.391 e. The van der Waals surface area contributed by atoms with Gasteiger partial charge in [-0.3, -0.25) is 9.48 Å². The number of aliphatic hydroxyl groups excluding tert-OH is 1. The Morgan fingerprint density at radius 1 is 1.60 bits per heavy atom. The van der Waals surface area contributed by atoms with Gasteiger partial charge in [0.2, 0.25) is 5.91 Å². The third-order valence-corrected chi connectivity index (χ3v) is 4.12. The highest BCUT2D eigenvalue weighted by Crippen LogP contribution is 2.27. The van der Waals surface area contributed by atoms with Gasteiger partial charge in [0, 0.05) is 30.9 Å². The number of amides is 1. The second-order valence-corrected chi connectivity index (χ2v) is 5.50. The first-order chi connectivity index (χ1) is 9.58. The predicted octanol–water partition coefficient (Wildman–Crippen LogP) is 1.41. The molecule has 1 fully saturated rings. The maximum Gasteiger partial charge on any atom is 0.244 e. The van der Waals surface area contributed by atoms with E-state index in [1.807, 2.05) is 14.0 Å². The average molecular weight is 277 g/mol. The summed E-state index contributed by atoms with van der Waals surface area (Å²) in [4.78, 5) is 11.7. The van der Waals surface area contributed by atoms with Gasteiger partial charge in [-0.2, -0.15) is 5.10 Å². The molecule has 0 bridgehead atoms. The van der Waals surface area contributed by atoms with E-state index in [2.05, 4.69) is 10.4 Å². The van der Waals surface area contributed by atoms with Gasteiger partial charge >= 0.3 is 0 Å². The highest BCUT2D eigenvalue weighted by molar-refractivity contribution is 5.91. The van der Waals surface area contributed by atoms with Crippen LogP contribution < -0.4 is 5.32 Å². The first kappa shape index (κ1) is 14.8. The predicted molar refractivity (Wildman–Crippen MR) is 78.0 cm³/mol. The van der Waals surface area contributed by atoms with Crippen molar-refractivity contribution in [1.29, 1.82) is 0 Å². The summed E-state index contributed by atoms with van der Waals surface area (Å²) in [6.07, 6.45) is 9.07. The maximum absolute atomic E-state index is 11.7. The van der Waals surface area contributed by atoms with Crippen LogP contribution in [-0.4, -0.2) is 33.4 Å². The van der Waals surface area contributed by atoms with Crippen LogP contribution in [0.25, 0.3) is 6.08 Å². The van der Waals surface area contributed by atoms with Gasteiger partial charge in [0.15, 0.2) is 0 Å². The highest BCUT2D eigenvalue weighted by Gasteiger charge is 2.22. The maximum atomic E-state index is 11.7. The van der Waals surface area contributed by atoms with Gasteiger partial charge in [-0.25, -0.2) is 0 Å². The van der Waals surface area contributed by atoms with Crippen LogP contribution in [0.5, 0.6) is 0 Å². The second-order valence-electron chi connectivity index (χ2n) is 5.50. The van der Waals surface area contributed by atoms with Crippen molar-refractivity contribution in [2.45, 2.75) is 38.7 Å². The number of carbonyl (C=O) groups excluding carboxylic acids is 1. The SMILES string of the molecule is Cc1c(/C=C/C(=O)NCC(O)C2CCCC2)cnn1C. The Kier molecular flexibility index (Phi) is 4.95. The molecule has 1 unspecified atom stereocenters. The Balaban J connectivity index is 1.79. The molecule has 1 aliphatic rings. The number of carbonyl (C=O) groups is 1. The number of nitrogens with one attached hydrogen (secondary N) is 1. The number of nitrogens with zero attached hydrogens (tertiary/aromatic N) is 2. The monoisotopic (exact) mass is 277 g/mol. The fraction of sp³-hybridized carbons (Fsp3) is 0.600. The molecule has 0 radical (unpaired) electrons. The molecule has 5 heteroatoms. The number of aromatic nitrogens is 2. The van der Waals surface area contributed by atoms with Crippen molar-refractivity contribution >= 4 is 12.0 Å².